The highest BCUT2D eigenvalue weighted by molar-refractivity contribution is 5.94. The maximum absolute atomic E-state index is 13.6. The molecule has 0 saturated carbocycles. The maximum atomic E-state index is 13.6. The van der Waals surface area contributed by atoms with E-state index in [1.54, 1.807) is 30.3 Å². The molecule has 0 atom stereocenters. The number of nitriles is 1. The van der Waals surface area contributed by atoms with Crippen molar-refractivity contribution in [2.75, 3.05) is 26.2 Å². The van der Waals surface area contributed by atoms with Crippen molar-refractivity contribution >= 4 is 16.9 Å². The molecule has 0 aliphatic carbocycles. The van der Waals surface area contributed by atoms with Crippen LogP contribution in [0.25, 0.3) is 22.1 Å². The fraction of sp³-hybridized carbons (Fsp3) is 0.185. The fourth-order valence-corrected chi connectivity index (χ4v) is 4.26. The summed E-state index contributed by atoms with van der Waals surface area (Å²) < 4.78 is 19.6. The summed E-state index contributed by atoms with van der Waals surface area (Å²) in [4.78, 5) is 16.9. The van der Waals surface area contributed by atoms with Crippen LogP contribution in [0.2, 0.25) is 0 Å². The lowest BCUT2D eigenvalue weighted by molar-refractivity contribution is 0.0621. The Kier molecular flexibility index (Phi) is 5.64. The van der Waals surface area contributed by atoms with E-state index in [4.69, 9.17) is 9.68 Å². The van der Waals surface area contributed by atoms with Crippen molar-refractivity contribution < 1.29 is 13.6 Å². The number of rotatable bonds is 4. The fourth-order valence-electron chi connectivity index (χ4n) is 4.26. The molecule has 3 aromatic carbocycles. The molecule has 0 bridgehead atoms. The quantitative estimate of drug-likeness (QED) is 0.446. The highest BCUT2D eigenvalue weighted by atomic mass is 19.1. The lowest BCUT2D eigenvalue weighted by Crippen LogP contribution is -2.48. The van der Waals surface area contributed by atoms with E-state index in [-0.39, 0.29) is 11.7 Å². The number of fused-ring (bicyclic) bond motifs is 1. The number of hydrogen-bond donors (Lipinski definition) is 0. The number of amides is 1. The maximum Gasteiger partial charge on any atom is 0.253 e. The number of benzene rings is 3. The Morgan fingerprint density at radius 2 is 1.73 bits per heavy atom. The van der Waals surface area contributed by atoms with Crippen LogP contribution in [0.4, 0.5) is 4.39 Å². The highest BCUT2D eigenvalue weighted by Crippen LogP contribution is 2.28. The van der Waals surface area contributed by atoms with E-state index in [9.17, 15) is 9.18 Å². The number of carbonyl (C=O) groups excluding carboxylic acids is 1. The Bertz CT molecular complexity index is 1360. The lowest BCUT2D eigenvalue weighted by Gasteiger charge is -2.34. The predicted molar refractivity (Wildman–Crippen MR) is 124 cm³/mol. The number of nitrogens with zero attached hydrogens (tertiary/aromatic N) is 3. The molecule has 0 spiro atoms. The first-order valence-electron chi connectivity index (χ1n) is 10.9. The normalized spacial score (nSPS) is 14.4. The van der Waals surface area contributed by atoms with E-state index >= 15 is 0 Å². The summed E-state index contributed by atoms with van der Waals surface area (Å²) in [6.45, 7) is 3.40. The lowest BCUT2D eigenvalue weighted by atomic mass is 10.0. The average Bonchev–Trinajstić information content (AvgIpc) is 3.25. The molecule has 0 unspecified atom stereocenters. The largest absolute Gasteiger partial charge is 0.460 e. The van der Waals surface area contributed by atoms with Gasteiger partial charge in [0.05, 0.1) is 18.2 Å². The molecule has 6 heteroatoms. The molecule has 0 radical (unpaired) electrons. The van der Waals surface area contributed by atoms with Crippen molar-refractivity contribution in [1.29, 1.82) is 5.26 Å². The van der Waals surface area contributed by atoms with Gasteiger partial charge in [0.25, 0.3) is 5.91 Å². The zero-order valence-electron chi connectivity index (χ0n) is 18.0. The Morgan fingerprint density at radius 1 is 0.939 bits per heavy atom. The van der Waals surface area contributed by atoms with Crippen LogP contribution in [0.3, 0.4) is 0 Å². The van der Waals surface area contributed by atoms with E-state index in [0.717, 1.165) is 40.9 Å². The van der Waals surface area contributed by atoms with Gasteiger partial charge in [-0.25, -0.2) is 4.39 Å². The first-order chi connectivity index (χ1) is 16.1. The highest BCUT2D eigenvalue weighted by Gasteiger charge is 2.23. The predicted octanol–water partition coefficient (Wildman–Crippen LogP) is 5.07. The van der Waals surface area contributed by atoms with Crippen LogP contribution in [0.5, 0.6) is 0 Å². The van der Waals surface area contributed by atoms with Crippen LogP contribution in [0.1, 0.15) is 21.7 Å². The molecule has 2 heterocycles. The molecule has 5 rings (SSSR count). The monoisotopic (exact) mass is 439 g/mol. The summed E-state index contributed by atoms with van der Waals surface area (Å²) in [5, 5.41) is 10.0. The zero-order chi connectivity index (χ0) is 22.8. The molecule has 5 nitrogen and oxygen atoms in total. The average molecular weight is 439 g/mol. The molecule has 1 amide bonds. The summed E-state index contributed by atoms with van der Waals surface area (Å²) in [5.74, 6) is 0.569. The standard InChI is InChI=1S/C27H22FN3O2/c28-24-6-2-4-20(15-24)21-7-8-26-23(14-21)16-25(33-26)18-30-9-11-31(12-10-30)27(32)22-5-1-3-19(13-22)17-29/h1-8,13-16H,9-12,18H2. The Labute approximate surface area is 191 Å². The van der Waals surface area contributed by atoms with Gasteiger partial charge in [0.15, 0.2) is 0 Å². The zero-order valence-corrected chi connectivity index (χ0v) is 18.0. The number of furan rings is 1. The van der Waals surface area contributed by atoms with Gasteiger partial charge in [-0.3, -0.25) is 9.69 Å². The van der Waals surface area contributed by atoms with Crippen LogP contribution < -0.4 is 0 Å². The van der Waals surface area contributed by atoms with E-state index in [1.165, 1.54) is 12.1 Å². The third-order valence-electron chi connectivity index (χ3n) is 6.00. The van der Waals surface area contributed by atoms with Gasteiger partial charge in [-0.05, 0) is 59.7 Å². The molecule has 4 aromatic rings. The summed E-state index contributed by atoms with van der Waals surface area (Å²) in [6, 6.07) is 23.4. The summed E-state index contributed by atoms with van der Waals surface area (Å²) in [6.07, 6.45) is 0. The van der Waals surface area contributed by atoms with Crippen molar-refractivity contribution in [3.8, 4) is 17.2 Å². The third-order valence-corrected chi connectivity index (χ3v) is 6.00. The molecule has 1 aromatic heterocycles. The van der Waals surface area contributed by atoms with Crippen molar-refractivity contribution in [2.45, 2.75) is 6.54 Å². The number of piperazine rings is 1. The van der Waals surface area contributed by atoms with E-state index in [0.29, 0.717) is 30.8 Å². The molecule has 1 aliphatic heterocycles. The van der Waals surface area contributed by atoms with Gasteiger partial charge in [0.1, 0.15) is 17.2 Å². The summed E-state index contributed by atoms with van der Waals surface area (Å²) in [7, 11) is 0. The SMILES string of the molecule is N#Cc1cccc(C(=O)N2CCN(Cc3cc4cc(-c5cccc(F)c5)ccc4o3)CC2)c1. The van der Waals surface area contributed by atoms with Gasteiger partial charge in [-0.1, -0.05) is 24.3 Å². The van der Waals surface area contributed by atoms with Crippen molar-refractivity contribution in [2.24, 2.45) is 0 Å². The molecule has 0 N–H and O–H groups in total. The first kappa shape index (κ1) is 20.9. The van der Waals surface area contributed by atoms with Crippen LogP contribution in [-0.2, 0) is 6.54 Å². The summed E-state index contributed by atoms with van der Waals surface area (Å²) >= 11 is 0. The molecule has 1 fully saturated rings. The van der Waals surface area contributed by atoms with Crippen LogP contribution in [0.15, 0.2) is 77.2 Å². The smallest absolute Gasteiger partial charge is 0.253 e. The van der Waals surface area contributed by atoms with Gasteiger partial charge < -0.3 is 9.32 Å². The van der Waals surface area contributed by atoms with Crippen molar-refractivity contribution in [3.63, 3.8) is 0 Å². The number of halogens is 1. The second kappa shape index (κ2) is 8.89. The Morgan fingerprint density at radius 3 is 2.52 bits per heavy atom. The molecule has 33 heavy (non-hydrogen) atoms. The second-order valence-electron chi connectivity index (χ2n) is 8.24. The molecular weight excluding hydrogens is 417 g/mol. The second-order valence-corrected chi connectivity index (χ2v) is 8.24. The van der Waals surface area contributed by atoms with Gasteiger partial charge in [-0.15, -0.1) is 0 Å². The van der Waals surface area contributed by atoms with Crippen LogP contribution in [-0.4, -0.2) is 41.9 Å². The molecule has 1 aliphatic rings. The van der Waals surface area contributed by atoms with Gasteiger partial charge >= 0.3 is 0 Å². The van der Waals surface area contributed by atoms with E-state index < -0.39 is 0 Å². The van der Waals surface area contributed by atoms with Crippen molar-refractivity contribution in [3.05, 3.63) is 95.5 Å². The number of carbonyl (C=O) groups is 1. The first-order valence-corrected chi connectivity index (χ1v) is 10.9. The Balaban J connectivity index is 1.23. The molecule has 1 saturated heterocycles. The van der Waals surface area contributed by atoms with E-state index in [1.807, 2.05) is 35.2 Å². The van der Waals surface area contributed by atoms with Gasteiger partial charge in [-0.2, -0.15) is 5.26 Å². The minimum absolute atomic E-state index is 0.0413. The van der Waals surface area contributed by atoms with Crippen LogP contribution in [0, 0.1) is 17.1 Å². The van der Waals surface area contributed by atoms with Gasteiger partial charge in [0, 0.05) is 37.1 Å². The number of hydrogen-bond acceptors (Lipinski definition) is 4. The summed E-state index contributed by atoms with van der Waals surface area (Å²) in [5.41, 5.74) is 3.62. The van der Waals surface area contributed by atoms with Crippen molar-refractivity contribution in [1.82, 2.24) is 9.80 Å². The minimum Gasteiger partial charge on any atom is -0.460 e. The van der Waals surface area contributed by atoms with Gasteiger partial charge in [0.2, 0.25) is 0 Å². The minimum atomic E-state index is -0.254. The third kappa shape index (κ3) is 4.50. The van der Waals surface area contributed by atoms with Crippen LogP contribution >= 0.6 is 0 Å². The van der Waals surface area contributed by atoms with E-state index in [2.05, 4.69) is 11.0 Å². The molecular formula is C27H22FN3O2. The Hall–Kier alpha value is -3.95. The molecule has 164 valence electrons. The topological polar surface area (TPSA) is 60.5 Å².